The third-order valence-corrected chi connectivity index (χ3v) is 7.58. The van der Waals surface area contributed by atoms with Gasteiger partial charge in [-0.25, -0.2) is 9.37 Å². The van der Waals surface area contributed by atoms with Crippen molar-refractivity contribution in [2.45, 2.75) is 18.4 Å². The summed E-state index contributed by atoms with van der Waals surface area (Å²) in [4.78, 5) is 32.6. The summed E-state index contributed by atoms with van der Waals surface area (Å²) in [7, 11) is 4.08. The van der Waals surface area contributed by atoms with Crippen LogP contribution in [0.2, 0.25) is 5.02 Å². The van der Waals surface area contributed by atoms with Crippen molar-refractivity contribution in [1.29, 1.82) is 0 Å². The summed E-state index contributed by atoms with van der Waals surface area (Å²) in [6, 6.07) is 12.3. The molecule has 1 atom stereocenters. The molecule has 1 aliphatic rings. The second-order valence-corrected chi connectivity index (χ2v) is 10.2. The van der Waals surface area contributed by atoms with E-state index in [0.717, 1.165) is 11.1 Å². The van der Waals surface area contributed by atoms with Gasteiger partial charge < -0.3 is 24.6 Å². The zero-order chi connectivity index (χ0) is 32.7. The molecule has 0 spiro atoms. The van der Waals surface area contributed by atoms with Crippen molar-refractivity contribution in [2.75, 3.05) is 26.6 Å². The minimum atomic E-state index is -4.94. The molecule has 2 heterocycles. The van der Waals surface area contributed by atoms with Gasteiger partial charge in [0.1, 0.15) is 23.0 Å². The summed E-state index contributed by atoms with van der Waals surface area (Å²) in [5, 5.41) is 15.1. The molecule has 4 aromatic rings. The Kier molecular flexibility index (Phi) is 8.34. The van der Waals surface area contributed by atoms with Gasteiger partial charge in [0.2, 0.25) is 5.88 Å². The third kappa shape index (κ3) is 5.60. The zero-order valence-electron chi connectivity index (χ0n) is 23.8. The standard InChI is InChI=1S/C31H24ClF4N3O6/c1-43-20-9-8-16(24(13-20)44-2)15-39-29(41)21-14-37-28(45-3)26(25(21)30(39,42)22-6-4-5-7-23(22)32)38-27(40)17-10-18(31(34,35)36)12-19(33)11-17/h4-14,42H,15H2,1-3H3,(H,38,40). The maximum atomic E-state index is 14.2. The topological polar surface area (TPSA) is 110 Å². The van der Waals surface area contributed by atoms with Gasteiger partial charge in [0.15, 0.2) is 5.72 Å². The molecule has 0 aliphatic carbocycles. The smallest absolute Gasteiger partial charge is 0.416 e. The Morgan fingerprint density at radius 2 is 1.78 bits per heavy atom. The molecule has 9 nitrogen and oxygen atoms in total. The molecule has 1 unspecified atom stereocenters. The number of fused-ring (bicyclic) bond motifs is 1. The first-order valence-corrected chi connectivity index (χ1v) is 13.5. The molecule has 1 aliphatic heterocycles. The maximum absolute atomic E-state index is 14.2. The van der Waals surface area contributed by atoms with E-state index in [9.17, 15) is 32.3 Å². The highest BCUT2D eigenvalue weighted by atomic mass is 35.5. The monoisotopic (exact) mass is 645 g/mol. The molecule has 0 radical (unpaired) electrons. The number of carbonyl (C=O) groups is 2. The van der Waals surface area contributed by atoms with Gasteiger partial charge in [0.05, 0.1) is 44.6 Å². The number of amides is 2. The van der Waals surface area contributed by atoms with Gasteiger partial charge in [0.25, 0.3) is 11.8 Å². The zero-order valence-corrected chi connectivity index (χ0v) is 24.6. The predicted octanol–water partition coefficient (Wildman–Crippen LogP) is 6.02. The number of aromatic nitrogens is 1. The Morgan fingerprint density at radius 3 is 2.42 bits per heavy atom. The maximum Gasteiger partial charge on any atom is 0.416 e. The molecule has 0 saturated carbocycles. The lowest BCUT2D eigenvalue weighted by molar-refractivity contribution is -0.137. The highest BCUT2D eigenvalue weighted by molar-refractivity contribution is 6.31. The van der Waals surface area contributed by atoms with Crippen LogP contribution in [0.15, 0.2) is 66.9 Å². The molecule has 0 bridgehead atoms. The fraction of sp³-hybridized carbons (Fsp3) is 0.194. The Balaban J connectivity index is 1.70. The van der Waals surface area contributed by atoms with Crippen molar-refractivity contribution < 1.29 is 46.5 Å². The van der Waals surface area contributed by atoms with Crippen LogP contribution in [-0.4, -0.2) is 48.1 Å². The van der Waals surface area contributed by atoms with E-state index in [1.807, 2.05) is 0 Å². The van der Waals surface area contributed by atoms with Gasteiger partial charge in [-0.1, -0.05) is 29.8 Å². The van der Waals surface area contributed by atoms with Gasteiger partial charge in [-0.15, -0.1) is 0 Å². The van der Waals surface area contributed by atoms with Crippen molar-refractivity contribution in [3.63, 3.8) is 0 Å². The van der Waals surface area contributed by atoms with Gasteiger partial charge in [-0.3, -0.25) is 14.5 Å². The number of nitrogens with zero attached hydrogens (tertiary/aromatic N) is 2. The van der Waals surface area contributed by atoms with Crippen LogP contribution in [0.25, 0.3) is 0 Å². The Bertz CT molecular complexity index is 1820. The number of aliphatic hydroxyl groups is 1. The van der Waals surface area contributed by atoms with Crippen LogP contribution >= 0.6 is 11.6 Å². The molecule has 1 aromatic heterocycles. The number of hydrogen-bond donors (Lipinski definition) is 2. The lowest BCUT2D eigenvalue weighted by Gasteiger charge is -2.36. The van der Waals surface area contributed by atoms with Crippen molar-refractivity contribution in [1.82, 2.24) is 9.88 Å². The number of methoxy groups -OCH3 is 3. The fourth-order valence-electron chi connectivity index (χ4n) is 5.15. The van der Waals surface area contributed by atoms with Crippen LogP contribution in [0.3, 0.4) is 0 Å². The van der Waals surface area contributed by atoms with Crippen molar-refractivity contribution in [2.24, 2.45) is 0 Å². The number of halogens is 5. The van der Waals surface area contributed by atoms with E-state index in [0.29, 0.717) is 29.2 Å². The summed E-state index contributed by atoms with van der Waals surface area (Å²) < 4.78 is 70.4. The summed E-state index contributed by atoms with van der Waals surface area (Å²) in [6.45, 7) is -0.253. The molecule has 2 amide bonds. The van der Waals surface area contributed by atoms with Crippen LogP contribution in [0.4, 0.5) is 23.2 Å². The Hall–Kier alpha value is -4.88. The molecule has 45 heavy (non-hydrogen) atoms. The number of pyridine rings is 1. The molecule has 3 aromatic carbocycles. The summed E-state index contributed by atoms with van der Waals surface area (Å²) >= 11 is 6.56. The van der Waals surface area contributed by atoms with E-state index in [2.05, 4.69) is 10.3 Å². The Labute approximate surface area is 258 Å². The number of hydrogen-bond acceptors (Lipinski definition) is 7. The number of nitrogens with one attached hydrogen (secondary N) is 1. The fourth-order valence-corrected chi connectivity index (χ4v) is 5.42. The molecule has 5 rings (SSSR count). The van der Waals surface area contributed by atoms with Crippen LogP contribution in [-0.2, 0) is 18.4 Å². The number of benzene rings is 3. The van der Waals surface area contributed by atoms with Gasteiger partial charge >= 0.3 is 6.18 Å². The summed E-state index contributed by atoms with van der Waals surface area (Å²) in [5.74, 6) is -2.73. The number of alkyl halides is 3. The minimum absolute atomic E-state index is 0.0279. The van der Waals surface area contributed by atoms with Crippen LogP contribution in [0.5, 0.6) is 17.4 Å². The van der Waals surface area contributed by atoms with Gasteiger partial charge in [0, 0.05) is 34.0 Å². The lowest BCUT2D eigenvalue weighted by Crippen LogP contribution is -2.44. The second-order valence-electron chi connectivity index (χ2n) is 9.83. The van der Waals surface area contributed by atoms with E-state index in [4.69, 9.17) is 25.8 Å². The van der Waals surface area contributed by atoms with Crippen molar-refractivity contribution in [3.05, 3.63) is 111 Å². The Morgan fingerprint density at radius 1 is 1.04 bits per heavy atom. The summed E-state index contributed by atoms with van der Waals surface area (Å²) in [5.41, 5.74) is -4.73. The van der Waals surface area contributed by atoms with E-state index < -0.39 is 40.7 Å². The molecular formula is C31H24ClF4N3O6. The third-order valence-electron chi connectivity index (χ3n) is 7.25. The molecule has 2 N–H and O–H groups in total. The van der Waals surface area contributed by atoms with Crippen molar-refractivity contribution in [3.8, 4) is 17.4 Å². The van der Waals surface area contributed by atoms with E-state index in [1.54, 1.807) is 30.3 Å². The normalized spacial score (nSPS) is 15.9. The van der Waals surface area contributed by atoms with E-state index in [1.165, 1.54) is 33.5 Å². The molecule has 14 heteroatoms. The summed E-state index contributed by atoms with van der Waals surface area (Å²) in [6.07, 6.45) is -3.81. The minimum Gasteiger partial charge on any atom is -0.497 e. The van der Waals surface area contributed by atoms with Crippen LogP contribution in [0.1, 0.15) is 43.0 Å². The number of rotatable bonds is 8. The van der Waals surface area contributed by atoms with Crippen LogP contribution < -0.4 is 19.5 Å². The quantitative estimate of drug-likeness (QED) is 0.226. The second kappa shape index (κ2) is 11.9. The van der Waals surface area contributed by atoms with Gasteiger partial charge in [-0.2, -0.15) is 13.2 Å². The van der Waals surface area contributed by atoms with Crippen molar-refractivity contribution >= 4 is 29.1 Å². The van der Waals surface area contributed by atoms with Crippen LogP contribution in [0, 0.1) is 5.82 Å². The van der Waals surface area contributed by atoms with E-state index in [-0.39, 0.29) is 45.9 Å². The largest absolute Gasteiger partial charge is 0.497 e. The van der Waals surface area contributed by atoms with Gasteiger partial charge in [-0.05, 0) is 36.4 Å². The highest BCUT2D eigenvalue weighted by Gasteiger charge is 2.54. The molecular weight excluding hydrogens is 622 g/mol. The predicted molar refractivity (Wildman–Crippen MR) is 154 cm³/mol. The molecule has 0 fully saturated rings. The number of ether oxygens (including phenoxy) is 3. The van der Waals surface area contributed by atoms with E-state index >= 15 is 0 Å². The lowest BCUT2D eigenvalue weighted by atomic mass is 9.92. The SMILES string of the molecule is COc1ccc(CN2C(=O)c3cnc(OC)c(NC(=O)c4cc(F)cc(C(F)(F)F)c4)c3C2(O)c2ccccc2Cl)c(OC)c1. The highest BCUT2D eigenvalue weighted by Crippen LogP contribution is 2.50. The average molecular weight is 646 g/mol. The first kappa shape index (κ1) is 31.5. The average Bonchev–Trinajstić information content (AvgIpc) is 3.23. The number of carbonyl (C=O) groups excluding carboxylic acids is 2. The first-order chi connectivity index (χ1) is 21.3. The molecule has 234 valence electrons. The first-order valence-electron chi connectivity index (χ1n) is 13.1. The molecule has 0 saturated heterocycles. The number of anilines is 1.